The highest BCUT2D eigenvalue weighted by Crippen LogP contribution is 2.27. The Balaban J connectivity index is 1.85. The molecule has 102 valence electrons. The van der Waals surface area contributed by atoms with Gasteiger partial charge in [0.1, 0.15) is 0 Å². The van der Waals surface area contributed by atoms with Crippen molar-refractivity contribution in [1.82, 2.24) is 4.90 Å². The lowest BCUT2D eigenvalue weighted by Gasteiger charge is -2.20. The second-order valence-corrected chi connectivity index (χ2v) is 5.91. The average molecular weight is 257 g/mol. The molecule has 1 fully saturated rings. The molecule has 0 aromatic heterocycles. The van der Waals surface area contributed by atoms with Crippen molar-refractivity contribution < 1.29 is 0 Å². The fraction of sp³-hybridized carbons (Fsp3) is 1.00. The van der Waals surface area contributed by atoms with Crippen molar-refractivity contribution in [2.45, 2.75) is 77.2 Å². The van der Waals surface area contributed by atoms with E-state index in [-0.39, 0.29) is 0 Å². The van der Waals surface area contributed by atoms with Gasteiger partial charge in [-0.3, -0.25) is 0 Å². The van der Waals surface area contributed by atoms with E-state index in [2.05, 4.69) is 24.5 Å². The molecular weight excluding hydrogens is 226 g/mol. The first kappa shape index (κ1) is 15.4. The molecular formula is C15H31NS. The van der Waals surface area contributed by atoms with Crippen LogP contribution in [0.3, 0.4) is 0 Å². The molecule has 1 nitrogen and oxygen atoms in total. The lowest BCUT2D eigenvalue weighted by Crippen LogP contribution is -2.27. The maximum atomic E-state index is 4.24. The van der Waals surface area contributed by atoms with Gasteiger partial charge in [-0.05, 0) is 50.9 Å². The molecule has 1 saturated carbocycles. The molecule has 0 radical (unpaired) electrons. The molecule has 0 aromatic carbocycles. The van der Waals surface area contributed by atoms with E-state index in [0.717, 1.165) is 11.8 Å². The van der Waals surface area contributed by atoms with Gasteiger partial charge in [-0.2, -0.15) is 12.6 Å². The van der Waals surface area contributed by atoms with Crippen molar-refractivity contribution in [2.24, 2.45) is 0 Å². The number of hydrogen-bond acceptors (Lipinski definition) is 2. The first-order valence-electron chi connectivity index (χ1n) is 7.73. The van der Waals surface area contributed by atoms with Gasteiger partial charge < -0.3 is 4.90 Å². The SMILES string of the molecule is CCCN(CCCCCCCCCS)C1CC1. The van der Waals surface area contributed by atoms with E-state index in [1.807, 2.05) is 0 Å². The molecule has 0 N–H and O–H groups in total. The molecule has 0 aromatic rings. The zero-order valence-electron chi connectivity index (χ0n) is 11.7. The molecule has 1 aliphatic carbocycles. The summed E-state index contributed by atoms with van der Waals surface area (Å²) in [5, 5.41) is 0. The van der Waals surface area contributed by atoms with Crippen LogP contribution in [0, 0.1) is 0 Å². The summed E-state index contributed by atoms with van der Waals surface area (Å²) in [7, 11) is 0. The molecule has 17 heavy (non-hydrogen) atoms. The first-order chi connectivity index (χ1) is 8.38. The highest BCUT2D eigenvalue weighted by atomic mass is 32.1. The largest absolute Gasteiger partial charge is 0.300 e. The van der Waals surface area contributed by atoms with Crippen molar-refractivity contribution in [3.63, 3.8) is 0 Å². The van der Waals surface area contributed by atoms with Gasteiger partial charge in [-0.15, -0.1) is 0 Å². The summed E-state index contributed by atoms with van der Waals surface area (Å²) in [4.78, 5) is 2.72. The smallest absolute Gasteiger partial charge is 0.00964 e. The van der Waals surface area contributed by atoms with Gasteiger partial charge in [0.25, 0.3) is 0 Å². The van der Waals surface area contributed by atoms with E-state index in [1.54, 1.807) is 0 Å². The van der Waals surface area contributed by atoms with Crippen molar-refractivity contribution >= 4 is 12.6 Å². The Morgan fingerprint density at radius 2 is 1.47 bits per heavy atom. The maximum absolute atomic E-state index is 4.24. The van der Waals surface area contributed by atoms with Crippen LogP contribution in [-0.2, 0) is 0 Å². The monoisotopic (exact) mass is 257 g/mol. The zero-order valence-corrected chi connectivity index (χ0v) is 12.6. The van der Waals surface area contributed by atoms with Crippen molar-refractivity contribution in [1.29, 1.82) is 0 Å². The minimum atomic E-state index is 0.963. The number of nitrogens with zero attached hydrogens (tertiary/aromatic N) is 1. The number of rotatable bonds is 12. The van der Waals surface area contributed by atoms with E-state index >= 15 is 0 Å². The molecule has 0 atom stereocenters. The number of unbranched alkanes of at least 4 members (excludes halogenated alkanes) is 6. The van der Waals surface area contributed by atoms with Crippen LogP contribution in [0.5, 0.6) is 0 Å². The quantitative estimate of drug-likeness (QED) is 0.397. The van der Waals surface area contributed by atoms with Crippen molar-refractivity contribution in [2.75, 3.05) is 18.8 Å². The highest BCUT2D eigenvalue weighted by molar-refractivity contribution is 7.80. The van der Waals surface area contributed by atoms with Crippen LogP contribution in [0.4, 0.5) is 0 Å². The molecule has 0 spiro atoms. The topological polar surface area (TPSA) is 3.24 Å². The van der Waals surface area contributed by atoms with Crippen LogP contribution in [0.1, 0.15) is 71.1 Å². The van der Waals surface area contributed by atoms with Crippen LogP contribution in [0.15, 0.2) is 0 Å². The van der Waals surface area contributed by atoms with Crippen LogP contribution in [0.2, 0.25) is 0 Å². The molecule has 2 heteroatoms. The predicted octanol–water partition coefficient (Wildman–Crippen LogP) is 4.52. The molecule has 0 unspecified atom stereocenters. The number of hydrogen-bond donors (Lipinski definition) is 1. The van der Waals surface area contributed by atoms with Gasteiger partial charge in [0.05, 0.1) is 0 Å². The highest BCUT2D eigenvalue weighted by Gasteiger charge is 2.27. The van der Waals surface area contributed by atoms with Crippen LogP contribution in [-0.4, -0.2) is 29.8 Å². The van der Waals surface area contributed by atoms with Gasteiger partial charge in [-0.1, -0.05) is 39.0 Å². The van der Waals surface area contributed by atoms with Gasteiger partial charge in [0, 0.05) is 6.04 Å². The van der Waals surface area contributed by atoms with E-state index in [1.165, 1.54) is 77.3 Å². The Morgan fingerprint density at radius 1 is 0.882 bits per heavy atom. The Kier molecular flexibility index (Phi) is 9.27. The second kappa shape index (κ2) is 10.3. The summed E-state index contributed by atoms with van der Waals surface area (Å²) in [5.74, 6) is 1.06. The third-order valence-corrected chi connectivity index (χ3v) is 3.99. The van der Waals surface area contributed by atoms with Crippen LogP contribution >= 0.6 is 12.6 Å². The second-order valence-electron chi connectivity index (χ2n) is 5.47. The Labute approximate surface area is 114 Å². The molecule has 0 bridgehead atoms. The summed E-state index contributed by atoms with van der Waals surface area (Å²) in [6.45, 7) is 4.98. The Morgan fingerprint density at radius 3 is 2.00 bits per heavy atom. The maximum Gasteiger partial charge on any atom is 0.00964 e. The zero-order chi connectivity index (χ0) is 12.3. The third-order valence-electron chi connectivity index (χ3n) is 3.68. The average Bonchev–Trinajstić information content (AvgIpc) is 3.15. The van der Waals surface area contributed by atoms with E-state index < -0.39 is 0 Å². The van der Waals surface area contributed by atoms with Gasteiger partial charge in [0.15, 0.2) is 0 Å². The summed E-state index contributed by atoms with van der Waals surface area (Å²) < 4.78 is 0. The predicted molar refractivity (Wildman–Crippen MR) is 81.1 cm³/mol. The Hall–Kier alpha value is 0.310. The standard InChI is InChI=1S/C15H31NS/c1-2-12-16(15-10-11-15)13-8-6-4-3-5-7-9-14-17/h15,17H,2-14H2,1H3. The fourth-order valence-electron chi connectivity index (χ4n) is 2.51. The van der Waals surface area contributed by atoms with Gasteiger partial charge >= 0.3 is 0 Å². The molecule has 0 saturated heterocycles. The first-order valence-corrected chi connectivity index (χ1v) is 8.36. The minimum Gasteiger partial charge on any atom is -0.300 e. The lowest BCUT2D eigenvalue weighted by molar-refractivity contribution is 0.257. The van der Waals surface area contributed by atoms with E-state index in [9.17, 15) is 0 Å². The van der Waals surface area contributed by atoms with Crippen LogP contribution in [0.25, 0.3) is 0 Å². The molecule has 1 rings (SSSR count). The van der Waals surface area contributed by atoms with E-state index in [4.69, 9.17) is 0 Å². The van der Waals surface area contributed by atoms with Gasteiger partial charge in [-0.25, -0.2) is 0 Å². The van der Waals surface area contributed by atoms with Crippen molar-refractivity contribution in [3.8, 4) is 0 Å². The summed E-state index contributed by atoms with van der Waals surface area (Å²) in [5.41, 5.74) is 0. The molecule has 0 heterocycles. The molecule has 0 amide bonds. The normalized spacial score (nSPS) is 15.7. The van der Waals surface area contributed by atoms with Gasteiger partial charge in [0.2, 0.25) is 0 Å². The van der Waals surface area contributed by atoms with Crippen molar-refractivity contribution in [3.05, 3.63) is 0 Å². The minimum absolute atomic E-state index is 0.963. The summed E-state index contributed by atoms with van der Waals surface area (Å²) in [6, 6.07) is 0.963. The number of thiol groups is 1. The molecule has 0 aliphatic heterocycles. The summed E-state index contributed by atoms with van der Waals surface area (Å²) >= 11 is 4.24. The van der Waals surface area contributed by atoms with E-state index in [0.29, 0.717) is 0 Å². The summed E-state index contributed by atoms with van der Waals surface area (Å²) in [6.07, 6.45) is 14.1. The lowest BCUT2D eigenvalue weighted by atomic mass is 10.1. The third kappa shape index (κ3) is 8.10. The fourth-order valence-corrected chi connectivity index (χ4v) is 2.74. The Bertz CT molecular complexity index is 168. The van der Waals surface area contributed by atoms with Crippen LogP contribution < -0.4 is 0 Å². The molecule has 1 aliphatic rings.